The number of carbonyl (C=O) groups excluding carboxylic acids is 1. The van der Waals surface area contributed by atoms with Crippen molar-refractivity contribution in [3.05, 3.63) is 35.4 Å². The topological polar surface area (TPSA) is 20.3 Å². The highest BCUT2D eigenvalue weighted by Gasteiger charge is 2.41. The highest BCUT2D eigenvalue weighted by Crippen LogP contribution is 2.35. The molecule has 1 aromatic carbocycles. The molecule has 0 aromatic heterocycles. The number of benzene rings is 1. The molecule has 0 spiro atoms. The van der Waals surface area contributed by atoms with Crippen LogP contribution in [0.25, 0.3) is 0 Å². The molecule has 2 rings (SSSR count). The van der Waals surface area contributed by atoms with Crippen LogP contribution in [-0.4, -0.2) is 30.3 Å². The lowest BCUT2D eigenvalue weighted by Gasteiger charge is -2.41. The first kappa shape index (κ1) is 13.3. The number of rotatable bonds is 3. The monoisotopic (exact) mass is 245 g/mol. The lowest BCUT2D eigenvalue weighted by atomic mass is 9.75. The van der Waals surface area contributed by atoms with Crippen LogP contribution in [0.5, 0.6) is 0 Å². The zero-order chi connectivity index (χ0) is 13.2. The molecule has 0 bridgehead atoms. The first-order valence-corrected chi connectivity index (χ1v) is 6.85. The van der Waals surface area contributed by atoms with Crippen LogP contribution in [0.3, 0.4) is 0 Å². The molecular formula is C16H23NO. The van der Waals surface area contributed by atoms with Gasteiger partial charge in [-0.1, -0.05) is 43.0 Å². The summed E-state index contributed by atoms with van der Waals surface area (Å²) in [5, 5.41) is 0. The maximum absolute atomic E-state index is 12.9. The van der Waals surface area contributed by atoms with E-state index >= 15 is 0 Å². The SMILES string of the molecule is Cc1cccc(C(=O)C2(N(C)C)CCCCC2)c1. The summed E-state index contributed by atoms with van der Waals surface area (Å²) in [5.74, 6) is 0.302. The normalized spacial score (nSPS) is 18.9. The van der Waals surface area contributed by atoms with Crippen molar-refractivity contribution in [1.82, 2.24) is 4.90 Å². The fourth-order valence-electron chi connectivity index (χ4n) is 3.07. The molecule has 1 aliphatic rings. The third-order valence-electron chi connectivity index (χ3n) is 4.24. The molecule has 1 fully saturated rings. The van der Waals surface area contributed by atoms with Crippen LogP contribution in [0.4, 0.5) is 0 Å². The van der Waals surface area contributed by atoms with Crippen LogP contribution in [0.2, 0.25) is 0 Å². The van der Waals surface area contributed by atoms with Gasteiger partial charge in [0.25, 0.3) is 0 Å². The van der Waals surface area contributed by atoms with Gasteiger partial charge in [0.1, 0.15) is 0 Å². The maximum atomic E-state index is 12.9. The predicted octanol–water partition coefficient (Wildman–Crippen LogP) is 3.44. The average Bonchev–Trinajstić information content (AvgIpc) is 2.38. The molecule has 18 heavy (non-hydrogen) atoms. The van der Waals surface area contributed by atoms with Gasteiger partial charge in [-0.15, -0.1) is 0 Å². The predicted molar refractivity (Wildman–Crippen MR) is 75.0 cm³/mol. The van der Waals surface area contributed by atoms with E-state index in [0.29, 0.717) is 5.78 Å². The molecule has 1 saturated carbocycles. The molecule has 2 nitrogen and oxygen atoms in total. The van der Waals surface area contributed by atoms with E-state index in [0.717, 1.165) is 36.8 Å². The van der Waals surface area contributed by atoms with Gasteiger partial charge in [0, 0.05) is 5.56 Å². The highest BCUT2D eigenvalue weighted by atomic mass is 16.1. The lowest BCUT2D eigenvalue weighted by molar-refractivity contribution is 0.0564. The molecule has 0 radical (unpaired) electrons. The van der Waals surface area contributed by atoms with E-state index in [-0.39, 0.29) is 5.54 Å². The molecule has 0 unspecified atom stereocenters. The number of aryl methyl sites for hydroxylation is 1. The Morgan fingerprint density at radius 2 is 1.83 bits per heavy atom. The van der Waals surface area contributed by atoms with Crippen molar-refractivity contribution in [2.45, 2.75) is 44.6 Å². The Morgan fingerprint density at radius 1 is 1.17 bits per heavy atom. The fourth-order valence-corrected chi connectivity index (χ4v) is 3.07. The van der Waals surface area contributed by atoms with E-state index in [1.54, 1.807) is 0 Å². The van der Waals surface area contributed by atoms with Gasteiger partial charge in [0.05, 0.1) is 5.54 Å². The molecule has 0 N–H and O–H groups in total. The van der Waals surface area contributed by atoms with Crippen LogP contribution in [-0.2, 0) is 0 Å². The van der Waals surface area contributed by atoms with E-state index in [1.807, 2.05) is 45.3 Å². The molecule has 0 aliphatic heterocycles. The van der Waals surface area contributed by atoms with Crippen molar-refractivity contribution in [3.63, 3.8) is 0 Å². The summed E-state index contributed by atoms with van der Waals surface area (Å²) < 4.78 is 0. The second-order valence-electron chi connectivity index (χ2n) is 5.69. The van der Waals surface area contributed by atoms with Gasteiger partial charge < -0.3 is 0 Å². The van der Waals surface area contributed by atoms with E-state index < -0.39 is 0 Å². The number of nitrogens with zero attached hydrogens (tertiary/aromatic N) is 1. The van der Waals surface area contributed by atoms with Gasteiger partial charge in [0.2, 0.25) is 0 Å². The molecule has 1 aromatic rings. The zero-order valence-corrected chi connectivity index (χ0v) is 11.7. The Balaban J connectivity index is 2.34. The smallest absolute Gasteiger partial charge is 0.183 e. The molecule has 2 heteroatoms. The quantitative estimate of drug-likeness (QED) is 0.760. The molecule has 0 saturated heterocycles. The maximum Gasteiger partial charge on any atom is 0.183 e. The summed E-state index contributed by atoms with van der Waals surface area (Å²) in [6.45, 7) is 2.04. The lowest BCUT2D eigenvalue weighted by Crippen LogP contribution is -2.52. The van der Waals surface area contributed by atoms with Crippen molar-refractivity contribution in [2.75, 3.05) is 14.1 Å². The molecular weight excluding hydrogens is 222 g/mol. The average molecular weight is 245 g/mol. The summed E-state index contributed by atoms with van der Waals surface area (Å²) in [4.78, 5) is 15.0. The van der Waals surface area contributed by atoms with Gasteiger partial charge in [-0.25, -0.2) is 0 Å². The third-order valence-corrected chi connectivity index (χ3v) is 4.24. The van der Waals surface area contributed by atoms with Gasteiger partial charge in [0.15, 0.2) is 5.78 Å². The summed E-state index contributed by atoms with van der Waals surface area (Å²) in [7, 11) is 4.08. The van der Waals surface area contributed by atoms with E-state index in [2.05, 4.69) is 4.90 Å². The van der Waals surface area contributed by atoms with Crippen LogP contribution >= 0.6 is 0 Å². The van der Waals surface area contributed by atoms with E-state index in [4.69, 9.17) is 0 Å². The van der Waals surface area contributed by atoms with Crippen molar-refractivity contribution in [1.29, 1.82) is 0 Å². The number of hydrogen-bond acceptors (Lipinski definition) is 2. The molecule has 0 amide bonds. The third kappa shape index (κ3) is 2.35. The highest BCUT2D eigenvalue weighted by molar-refractivity contribution is 6.03. The zero-order valence-electron chi connectivity index (χ0n) is 11.7. The molecule has 0 atom stereocenters. The first-order valence-electron chi connectivity index (χ1n) is 6.85. The number of hydrogen-bond donors (Lipinski definition) is 0. The van der Waals surface area contributed by atoms with Crippen molar-refractivity contribution < 1.29 is 4.79 Å². The Labute approximate surface area is 110 Å². The number of Topliss-reactive ketones (excluding diaryl/α,β-unsaturated/α-hetero) is 1. The Hall–Kier alpha value is -1.15. The molecule has 1 aliphatic carbocycles. The number of ketones is 1. The first-order chi connectivity index (χ1) is 8.56. The van der Waals surface area contributed by atoms with E-state index in [1.165, 1.54) is 6.42 Å². The van der Waals surface area contributed by atoms with Crippen LogP contribution in [0.15, 0.2) is 24.3 Å². The molecule has 0 heterocycles. The van der Waals surface area contributed by atoms with Gasteiger partial charge in [-0.3, -0.25) is 9.69 Å². The second-order valence-corrected chi connectivity index (χ2v) is 5.69. The Morgan fingerprint density at radius 3 is 2.39 bits per heavy atom. The largest absolute Gasteiger partial charge is 0.297 e. The fraction of sp³-hybridized carbons (Fsp3) is 0.562. The number of carbonyl (C=O) groups is 1. The minimum atomic E-state index is -0.272. The van der Waals surface area contributed by atoms with Crippen molar-refractivity contribution in [3.8, 4) is 0 Å². The summed E-state index contributed by atoms with van der Waals surface area (Å²) in [5.41, 5.74) is 1.75. The summed E-state index contributed by atoms with van der Waals surface area (Å²) in [6, 6.07) is 7.99. The standard InChI is InChI=1S/C16H23NO/c1-13-8-7-9-14(12-13)15(18)16(17(2)3)10-5-4-6-11-16/h7-9,12H,4-6,10-11H2,1-3H3. The van der Waals surface area contributed by atoms with Gasteiger partial charge in [-0.05, 0) is 39.9 Å². The Kier molecular flexibility index (Phi) is 3.86. The van der Waals surface area contributed by atoms with Crippen LogP contribution < -0.4 is 0 Å². The minimum absolute atomic E-state index is 0.272. The number of likely N-dealkylation sites (N-methyl/N-ethyl adjacent to an activating group) is 1. The van der Waals surface area contributed by atoms with Crippen LogP contribution in [0.1, 0.15) is 48.0 Å². The van der Waals surface area contributed by atoms with Gasteiger partial charge >= 0.3 is 0 Å². The van der Waals surface area contributed by atoms with Crippen molar-refractivity contribution >= 4 is 5.78 Å². The molecule has 98 valence electrons. The van der Waals surface area contributed by atoms with Crippen LogP contribution in [0, 0.1) is 6.92 Å². The summed E-state index contributed by atoms with van der Waals surface area (Å²) >= 11 is 0. The second kappa shape index (κ2) is 5.23. The van der Waals surface area contributed by atoms with Gasteiger partial charge in [-0.2, -0.15) is 0 Å². The Bertz CT molecular complexity index is 430. The van der Waals surface area contributed by atoms with Crippen molar-refractivity contribution in [2.24, 2.45) is 0 Å². The summed E-state index contributed by atoms with van der Waals surface area (Å²) in [6.07, 6.45) is 5.57. The van der Waals surface area contributed by atoms with E-state index in [9.17, 15) is 4.79 Å². The minimum Gasteiger partial charge on any atom is -0.297 e.